The van der Waals surface area contributed by atoms with Crippen molar-refractivity contribution in [1.29, 1.82) is 0 Å². The number of benzene rings is 1. The monoisotopic (exact) mass is 299 g/mol. The lowest BCUT2D eigenvalue weighted by molar-refractivity contribution is -0.139. The number of aliphatic carboxylic acids is 1. The third-order valence-electron chi connectivity index (χ3n) is 2.83. The Hall–Kier alpha value is -2.31. The molecule has 114 valence electrons. The van der Waals surface area contributed by atoms with Crippen molar-refractivity contribution >= 4 is 17.7 Å². The van der Waals surface area contributed by atoms with Gasteiger partial charge in [-0.3, -0.25) is 9.59 Å². The van der Waals surface area contributed by atoms with Crippen LogP contribution in [0.15, 0.2) is 18.2 Å². The Kier molecular flexibility index (Phi) is 5.95. The minimum absolute atomic E-state index is 0.00522. The van der Waals surface area contributed by atoms with Crippen LogP contribution in [0.4, 0.5) is 8.78 Å². The van der Waals surface area contributed by atoms with Crippen LogP contribution in [0.5, 0.6) is 0 Å². The first-order chi connectivity index (χ1) is 9.83. The number of rotatable bonds is 7. The Labute approximate surface area is 120 Å². The third kappa shape index (κ3) is 5.29. The van der Waals surface area contributed by atoms with Crippen LogP contribution in [0.3, 0.4) is 0 Å². The zero-order chi connectivity index (χ0) is 16.0. The summed E-state index contributed by atoms with van der Waals surface area (Å²) >= 11 is 0. The number of halogens is 2. The molecule has 0 saturated heterocycles. The number of nitrogens with one attached hydrogen (secondary N) is 1. The van der Waals surface area contributed by atoms with Gasteiger partial charge in [-0.1, -0.05) is 6.92 Å². The van der Waals surface area contributed by atoms with E-state index < -0.39 is 29.6 Å². The lowest BCUT2D eigenvalue weighted by Crippen LogP contribution is -2.41. The van der Waals surface area contributed by atoms with E-state index in [1.807, 2.05) is 0 Å². The van der Waals surface area contributed by atoms with Crippen molar-refractivity contribution in [3.8, 4) is 0 Å². The summed E-state index contributed by atoms with van der Waals surface area (Å²) in [7, 11) is 0. The van der Waals surface area contributed by atoms with Gasteiger partial charge in [0.2, 0.25) is 0 Å². The Morgan fingerprint density at radius 2 is 1.76 bits per heavy atom. The van der Waals surface area contributed by atoms with Crippen molar-refractivity contribution < 1.29 is 28.3 Å². The van der Waals surface area contributed by atoms with Gasteiger partial charge in [0.15, 0.2) is 0 Å². The van der Waals surface area contributed by atoms with Crippen molar-refractivity contribution in [3.63, 3.8) is 0 Å². The largest absolute Gasteiger partial charge is 0.480 e. The molecule has 1 aromatic rings. The molecular formula is C14H15F2NO4. The summed E-state index contributed by atoms with van der Waals surface area (Å²) in [5.41, 5.74) is -0.319. The lowest BCUT2D eigenvalue weighted by Gasteiger charge is -2.14. The van der Waals surface area contributed by atoms with E-state index in [-0.39, 0.29) is 30.6 Å². The molecular weight excluding hydrogens is 284 g/mol. The molecule has 1 aromatic carbocycles. The summed E-state index contributed by atoms with van der Waals surface area (Å²) < 4.78 is 26.0. The van der Waals surface area contributed by atoms with Gasteiger partial charge >= 0.3 is 5.97 Å². The van der Waals surface area contributed by atoms with E-state index in [0.29, 0.717) is 6.07 Å². The Bertz CT molecular complexity index is 540. The zero-order valence-corrected chi connectivity index (χ0v) is 11.4. The average molecular weight is 299 g/mol. The van der Waals surface area contributed by atoms with Crippen molar-refractivity contribution in [3.05, 3.63) is 35.4 Å². The van der Waals surface area contributed by atoms with Gasteiger partial charge in [0.25, 0.3) is 5.91 Å². The molecule has 0 aliphatic carbocycles. The van der Waals surface area contributed by atoms with E-state index in [4.69, 9.17) is 5.11 Å². The summed E-state index contributed by atoms with van der Waals surface area (Å²) in [5.74, 6) is -4.23. The molecule has 5 nitrogen and oxygen atoms in total. The second-order valence-electron chi connectivity index (χ2n) is 4.45. The van der Waals surface area contributed by atoms with Gasteiger partial charge in [-0.05, 0) is 18.6 Å². The first kappa shape index (κ1) is 16.7. The molecule has 0 bridgehead atoms. The molecule has 1 amide bonds. The number of carbonyl (C=O) groups excluding carboxylic acids is 2. The summed E-state index contributed by atoms with van der Waals surface area (Å²) in [5, 5.41) is 11.1. The Balaban J connectivity index is 2.76. The number of carbonyl (C=O) groups is 3. The van der Waals surface area contributed by atoms with Crippen molar-refractivity contribution in [2.75, 3.05) is 0 Å². The quantitative estimate of drug-likeness (QED) is 0.805. The van der Waals surface area contributed by atoms with Gasteiger partial charge in [0.1, 0.15) is 23.5 Å². The molecule has 0 aromatic heterocycles. The van der Waals surface area contributed by atoms with Crippen LogP contribution in [0.25, 0.3) is 0 Å². The van der Waals surface area contributed by atoms with Crippen molar-refractivity contribution in [2.24, 2.45) is 0 Å². The van der Waals surface area contributed by atoms with Crippen LogP contribution >= 0.6 is 0 Å². The average Bonchev–Trinajstić information content (AvgIpc) is 2.41. The molecule has 0 saturated carbocycles. The molecule has 0 spiro atoms. The highest BCUT2D eigenvalue weighted by Gasteiger charge is 2.22. The molecule has 0 aliphatic rings. The van der Waals surface area contributed by atoms with Gasteiger partial charge < -0.3 is 10.4 Å². The van der Waals surface area contributed by atoms with Gasteiger partial charge in [0, 0.05) is 24.5 Å². The van der Waals surface area contributed by atoms with Crippen LogP contribution < -0.4 is 5.32 Å². The first-order valence-electron chi connectivity index (χ1n) is 6.35. The Morgan fingerprint density at radius 1 is 1.19 bits per heavy atom. The number of ketones is 1. The molecule has 0 heterocycles. The van der Waals surface area contributed by atoms with Crippen LogP contribution in [0, 0.1) is 11.6 Å². The number of hydrogen-bond acceptors (Lipinski definition) is 3. The minimum Gasteiger partial charge on any atom is -0.480 e. The van der Waals surface area contributed by atoms with Gasteiger partial charge in [-0.2, -0.15) is 0 Å². The van der Waals surface area contributed by atoms with Crippen molar-refractivity contribution in [1.82, 2.24) is 5.32 Å². The highest BCUT2D eigenvalue weighted by molar-refractivity contribution is 5.96. The van der Waals surface area contributed by atoms with Gasteiger partial charge in [0.05, 0.1) is 0 Å². The number of Topliss-reactive ketones (excluding diaryl/α,β-unsaturated/α-hetero) is 1. The molecule has 1 rings (SSSR count). The maximum Gasteiger partial charge on any atom is 0.326 e. The van der Waals surface area contributed by atoms with Crippen LogP contribution in [-0.2, 0) is 9.59 Å². The summed E-state index contributed by atoms with van der Waals surface area (Å²) in [6, 6.07) is 0.911. The molecule has 1 atom stereocenters. The van der Waals surface area contributed by atoms with Gasteiger partial charge in [-0.15, -0.1) is 0 Å². The van der Waals surface area contributed by atoms with E-state index in [2.05, 4.69) is 5.32 Å². The highest BCUT2D eigenvalue weighted by Crippen LogP contribution is 2.09. The number of hydrogen-bond donors (Lipinski definition) is 2. The zero-order valence-electron chi connectivity index (χ0n) is 11.4. The fourth-order valence-electron chi connectivity index (χ4n) is 1.67. The van der Waals surface area contributed by atoms with Gasteiger partial charge in [-0.25, -0.2) is 13.6 Å². The molecule has 21 heavy (non-hydrogen) atoms. The predicted molar refractivity (Wildman–Crippen MR) is 69.8 cm³/mol. The minimum atomic E-state index is -1.32. The van der Waals surface area contributed by atoms with Crippen molar-refractivity contribution in [2.45, 2.75) is 32.2 Å². The fraction of sp³-hybridized carbons (Fsp3) is 0.357. The molecule has 0 fully saturated rings. The van der Waals surface area contributed by atoms with E-state index in [0.717, 1.165) is 12.1 Å². The Morgan fingerprint density at radius 3 is 2.24 bits per heavy atom. The van der Waals surface area contributed by atoms with Crippen LogP contribution in [-0.4, -0.2) is 28.8 Å². The molecule has 0 aliphatic heterocycles. The molecule has 2 N–H and O–H groups in total. The lowest BCUT2D eigenvalue weighted by atomic mass is 10.1. The number of carboxylic acids is 1. The molecule has 0 unspecified atom stereocenters. The van der Waals surface area contributed by atoms with E-state index in [1.54, 1.807) is 6.92 Å². The second-order valence-corrected chi connectivity index (χ2v) is 4.45. The van der Waals surface area contributed by atoms with E-state index >= 15 is 0 Å². The maximum atomic E-state index is 13.0. The SMILES string of the molecule is CCC(=O)CC[C@H](NC(=O)c1cc(F)cc(F)c1)C(=O)O. The predicted octanol–water partition coefficient (Wildman–Crippen LogP) is 1.91. The number of amides is 1. The normalized spacial score (nSPS) is 11.8. The van der Waals surface area contributed by atoms with E-state index in [1.165, 1.54) is 0 Å². The summed E-state index contributed by atoms with van der Waals surface area (Å²) in [6.07, 6.45) is 0.201. The van der Waals surface area contributed by atoms with Crippen LogP contribution in [0.2, 0.25) is 0 Å². The second kappa shape index (κ2) is 7.47. The summed E-state index contributed by atoms with van der Waals surface area (Å²) in [6.45, 7) is 1.65. The smallest absolute Gasteiger partial charge is 0.326 e. The van der Waals surface area contributed by atoms with E-state index in [9.17, 15) is 23.2 Å². The fourth-order valence-corrected chi connectivity index (χ4v) is 1.67. The maximum absolute atomic E-state index is 13.0. The first-order valence-corrected chi connectivity index (χ1v) is 6.35. The summed E-state index contributed by atoms with van der Waals surface area (Å²) in [4.78, 5) is 34.0. The van der Waals surface area contributed by atoms with Crippen LogP contribution in [0.1, 0.15) is 36.5 Å². The molecule has 7 heteroatoms. The standard InChI is InChI=1S/C14H15F2NO4/c1-2-11(18)3-4-12(14(20)21)17-13(19)8-5-9(15)7-10(16)6-8/h5-7,12H,2-4H2,1H3,(H,17,19)(H,20,21)/t12-/m0/s1. The number of carboxylic acid groups (broad SMARTS) is 1. The third-order valence-corrected chi connectivity index (χ3v) is 2.83. The topological polar surface area (TPSA) is 83.5 Å². The highest BCUT2D eigenvalue weighted by atomic mass is 19.1. The molecule has 0 radical (unpaired) electrons.